The number of hydrogen-bond acceptors (Lipinski definition) is 3. The van der Waals surface area contributed by atoms with E-state index >= 15 is 0 Å². The zero-order valence-corrected chi connectivity index (χ0v) is 8.44. The summed E-state index contributed by atoms with van der Waals surface area (Å²) in [6.07, 6.45) is 0. The normalized spacial score (nSPS) is 11.3. The molecule has 0 heterocycles. The van der Waals surface area contributed by atoms with Crippen LogP contribution in [-0.2, 0) is 9.53 Å². The van der Waals surface area contributed by atoms with E-state index in [4.69, 9.17) is 4.74 Å². The average Bonchev–Trinajstić information content (AvgIpc) is 1.83. The minimum atomic E-state index is -0.215. The highest BCUT2D eigenvalue weighted by atomic mass is 16.5. The van der Waals surface area contributed by atoms with Gasteiger partial charge in [-0.3, -0.25) is 4.79 Å². The smallest absolute Gasteiger partial charge is 0.302 e. The Labute approximate surface area is 74.5 Å². The van der Waals surface area contributed by atoms with Gasteiger partial charge in [0, 0.05) is 20.0 Å². The molecule has 0 bridgehead atoms. The maximum Gasteiger partial charge on any atom is 0.302 e. The van der Waals surface area contributed by atoms with Crippen molar-refractivity contribution < 1.29 is 9.53 Å². The fourth-order valence-electron chi connectivity index (χ4n) is 0.730. The first-order chi connectivity index (χ1) is 5.42. The van der Waals surface area contributed by atoms with Crippen molar-refractivity contribution in [3.8, 4) is 0 Å². The Hall–Kier alpha value is -0.570. The summed E-state index contributed by atoms with van der Waals surface area (Å²) in [5.74, 6) is -0.215. The van der Waals surface area contributed by atoms with E-state index in [1.54, 1.807) is 0 Å². The molecule has 0 atom stereocenters. The van der Waals surface area contributed by atoms with E-state index in [0.717, 1.165) is 13.1 Å². The van der Waals surface area contributed by atoms with Crippen LogP contribution in [0.4, 0.5) is 0 Å². The predicted octanol–water partition coefficient (Wildman–Crippen LogP) is 1.19. The van der Waals surface area contributed by atoms with Crippen molar-refractivity contribution in [1.29, 1.82) is 0 Å². The van der Waals surface area contributed by atoms with Crippen LogP contribution in [0.1, 0.15) is 27.7 Å². The minimum Gasteiger partial charge on any atom is -0.465 e. The molecule has 0 aliphatic rings. The Kier molecular flexibility index (Phi) is 4.90. The van der Waals surface area contributed by atoms with Crippen molar-refractivity contribution in [3.05, 3.63) is 0 Å². The summed E-state index contributed by atoms with van der Waals surface area (Å²) in [5.41, 5.74) is 0.288. The average molecular weight is 173 g/mol. The number of hydrogen-bond donors (Lipinski definition) is 1. The lowest BCUT2D eigenvalue weighted by Gasteiger charge is -2.18. The van der Waals surface area contributed by atoms with Gasteiger partial charge in [0.05, 0.1) is 0 Å². The van der Waals surface area contributed by atoms with Gasteiger partial charge in [0.15, 0.2) is 0 Å². The van der Waals surface area contributed by atoms with Gasteiger partial charge >= 0.3 is 5.97 Å². The molecule has 0 amide bonds. The molecule has 3 nitrogen and oxygen atoms in total. The highest BCUT2D eigenvalue weighted by Crippen LogP contribution is 2.09. The van der Waals surface area contributed by atoms with E-state index in [2.05, 4.69) is 26.1 Å². The van der Waals surface area contributed by atoms with E-state index in [0.29, 0.717) is 6.61 Å². The third-order valence-corrected chi connectivity index (χ3v) is 1.24. The van der Waals surface area contributed by atoms with Gasteiger partial charge in [-0.25, -0.2) is 0 Å². The second-order valence-corrected chi connectivity index (χ2v) is 4.08. The molecule has 0 aliphatic heterocycles. The van der Waals surface area contributed by atoms with Crippen LogP contribution in [0.25, 0.3) is 0 Å². The quantitative estimate of drug-likeness (QED) is 0.512. The highest BCUT2D eigenvalue weighted by molar-refractivity contribution is 5.65. The molecule has 0 spiro atoms. The van der Waals surface area contributed by atoms with Crippen LogP contribution in [0.15, 0.2) is 0 Å². The second-order valence-electron chi connectivity index (χ2n) is 4.08. The standard InChI is InChI=1S/C9H19NO2/c1-8(11)12-6-5-10-7-9(2,3)4/h10H,5-7H2,1-4H3. The van der Waals surface area contributed by atoms with Crippen molar-refractivity contribution in [2.24, 2.45) is 5.41 Å². The number of ether oxygens (including phenoxy) is 1. The molecule has 0 aliphatic carbocycles. The molecule has 0 rings (SSSR count). The number of carbonyl (C=O) groups excluding carboxylic acids is 1. The van der Waals surface area contributed by atoms with Gasteiger partial charge in [0.2, 0.25) is 0 Å². The summed E-state index contributed by atoms with van der Waals surface area (Å²) in [4.78, 5) is 10.4. The monoisotopic (exact) mass is 173 g/mol. The molecule has 0 saturated carbocycles. The summed E-state index contributed by atoms with van der Waals surface area (Å²) < 4.78 is 4.76. The van der Waals surface area contributed by atoms with Crippen molar-refractivity contribution in [3.63, 3.8) is 0 Å². The van der Waals surface area contributed by atoms with Crippen LogP contribution in [-0.4, -0.2) is 25.7 Å². The molecular formula is C9H19NO2. The molecule has 72 valence electrons. The van der Waals surface area contributed by atoms with E-state index in [1.165, 1.54) is 6.92 Å². The largest absolute Gasteiger partial charge is 0.465 e. The Morgan fingerprint density at radius 2 is 2.00 bits per heavy atom. The topological polar surface area (TPSA) is 38.3 Å². The van der Waals surface area contributed by atoms with Gasteiger partial charge in [0.25, 0.3) is 0 Å². The molecule has 0 aromatic carbocycles. The number of nitrogens with one attached hydrogen (secondary N) is 1. The molecule has 0 fully saturated rings. The van der Waals surface area contributed by atoms with Gasteiger partial charge in [-0.15, -0.1) is 0 Å². The third-order valence-electron chi connectivity index (χ3n) is 1.24. The summed E-state index contributed by atoms with van der Waals surface area (Å²) in [5, 5.41) is 3.20. The van der Waals surface area contributed by atoms with Crippen molar-refractivity contribution in [2.45, 2.75) is 27.7 Å². The Morgan fingerprint density at radius 3 is 2.42 bits per heavy atom. The Morgan fingerprint density at radius 1 is 1.42 bits per heavy atom. The lowest BCUT2D eigenvalue weighted by molar-refractivity contribution is -0.140. The van der Waals surface area contributed by atoms with Gasteiger partial charge in [-0.05, 0) is 5.41 Å². The van der Waals surface area contributed by atoms with Crippen molar-refractivity contribution in [2.75, 3.05) is 19.7 Å². The summed E-state index contributed by atoms with van der Waals surface area (Å²) >= 11 is 0. The zero-order chi connectivity index (χ0) is 9.61. The SMILES string of the molecule is CC(=O)OCCNCC(C)(C)C. The third kappa shape index (κ3) is 9.43. The van der Waals surface area contributed by atoms with Gasteiger partial charge in [-0.1, -0.05) is 20.8 Å². The first-order valence-corrected chi connectivity index (χ1v) is 4.26. The molecule has 12 heavy (non-hydrogen) atoms. The van der Waals surface area contributed by atoms with Crippen LogP contribution in [0, 0.1) is 5.41 Å². The van der Waals surface area contributed by atoms with E-state index < -0.39 is 0 Å². The molecule has 0 aromatic heterocycles. The minimum absolute atomic E-state index is 0.215. The van der Waals surface area contributed by atoms with Gasteiger partial charge in [-0.2, -0.15) is 0 Å². The van der Waals surface area contributed by atoms with E-state index in [9.17, 15) is 4.79 Å². The molecular weight excluding hydrogens is 154 g/mol. The molecule has 0 radical (unpaired) electrons. The van der Waals surface area contributed by atoms with Crippen LogP contribution in [0.2, 0.25) is 0 Å². The fourth-order valence-corrected chi connectivity index (χ4v) is 0.730. The lowest BCUT2D eigenvalue weighted by Crippen LogP contribution is -2.29. The van der Waals surface area contributed by atoms with E-state index in [-0.39, 0.29) is 11.4 Å². The summed E-state index contributed by atoms with van der Waals surface area (Å²) in [6.45, 7) is 10.0. The highest BCUT2D eigenvalue weighted by Gasteiger charge is 2.08. The van der Waals surface area contributed by atoms with Crippen molar-refractivity contribution in [1.82, 2.24) is 5.32 Å². The second kappa shape index (κ2) is 5.14. The molecule has 0 saturated heterocycles. The first kappa shape index (κ1) is 11.4. The maximum absolute atomic E-state index is 10.4. The Bertz CT molecular complexity index is 138. The number of rotatable bonds is 4. The fraction of sp³-hybridized carbons (Fsp3) is 0.889. The van der Waals surface area contributed by atoms with E-state index in [1.807, 2.05) is 0 Å². The van der Waals surface area contributed by atoms with Crippen LogP contribution in [0.5, 0.6) is 0 Å². The van der Waals surface area contributed by atoms with Gasteiger partial charge < -0.3 is 10.1 Å². The summed E-state index contributed by atoms with van der Waals surface area (Å²) in [7, 11) is 0. The first-order valence-electron chi connectivity index (χ1n) is 4.26. The van der Waals surface area contributed by atoms with Crippen LogP contribution in [0.3, 0.4) is 0 Å². The number of esters is 1. The molecule has 1 N–H and O–H groups in total. The van der Waals surface area contributed by atoms with Crippen molar-refractivity contribution >= 4 is 5.97 Å². The molecule has 0 aromatic rings. The summed E-state index contributed by atoms with van der Waals surface area (Å²) in [6, 6.07) is 0. The molecule has 0 unspecified atom stereocenters. The van der Waals surface area contributed by atoms with Crippen LogP contribution < -0.4 is 5.32 Å². The molecule has 3 heteroatoms. The zero-order valence-electron chi connectivity index (χ0n) is 8.44. The van der Waals surface area contributed by atoms with Crippen LogP contribution >= 0.6 is 0 Å². The maximum atomic E-state index is 10.4. The Balaban J connectivity index is 3.17. The lowest BCUT2D eigenvalue weighted by atomic mass is 9.97. The number of carbonyl (C=O) groups is 1. The van der Waals surface area contributed by atoms with Gasteiger partial charge in [0.1, 0.15) is 6.61 Å². The predicted molar refractivity (Wildman–Crippen MR) is 49.0 cm³/mol.